The first-order valence-corrected chi connectivity index (χ1v) is 19.2. The van der Waals surface area contributed by atoms with Crippen molar-refractivity contribution in [2.75, 3.05) is 72.9 Å². The average Bonchev–Trinajstić information content (AvgIpc) is 3.11. The average molecular weight is 730 g/mol. The number of carbonyl (C=O) groups is 5. The number of esters is 1. The molecule has 0 atom stereocenters. The highest BCUT2D eigenvalue weighted by Gasteiger charge is 2.34. The topological polar surface area (TPSA) is 224 Å². The van der Waals surface area contributed by atoms with Crippen molar-refractivity contribution in [2.24, 2.45) is 17.2 Å². The Hall–Kier alpha value is -2.49. The van der Waals surface area contributed by atoms with Crippen LogP contribution in [0.1, 0.15) is 128 Å². The molecule has 0 fully saturated rings. The zero-order chi connectivity index (χ0) is 37.8. The van der Waals surface area contributed by atoms with E-state index in [1.54, 1.807) is 0 Å². The largest absolute Gasteiger partial charge is 0.469 e. The lowest BCUT2D eigenvalue weighted by Crippen LogP contribution is -2.58. The molecular weight excluding hydrogens is 658 g/mol. The molecule has 0 aromatic heterocycles. The molecule has 0 spiro atoms. The molecule has 14 heteroatoms. The molecular formula is C37H71N5O9. The Morgan fingerprint density at radius 1 is 0.490 bits per heavy atom. The number of ketones is 2. The molecule has 0 radical (unpaired) electrons. The van der Waals surface area contributed by atoms with E-state index in [0.717, 1.165) is 70.6 Å². The highest BCUT2D eigenvalue weighted by Crippen LogP contribution is 2.14. The van der Waals surface area contributed by atoms with Gasteiger partial charge in [0.05, 0.1) is 46.8 Å². The fraction of sp³-hybridized carbons (Fsp3) is 0.865. The monoisotopic (exact) mass is 730 g/mol. The van der Waals surface area contributed by atoms with Gasteiger partial charge in [-0.25, -0.2) is 0 Å². The normalized spacial score (nSPS) is 11.4. The summed E-state index contributed by atoms with van der Waals surface area (Å²) in [4.78, 5) is 61.4. The van der Waals surface area contributed by atoms with Gasteiger partial charge in [-0.05, 0) is 64.6 Å². The van der Waals surface area contributed by atoms with Gasteiger partial charge in [0.25, 0.3) is 0 Å². The van der Waals surface area contributed by atoms with Crippen LogP contribution in [0, 0.1) is 0 Å². The van der Waals surface area contributed by atoms with Crippen LogP contribution in [-0.2, 0) is 42.9 Å². The molecule has 0 aromatic carbocycles. The number of Topliss-reactive ketones (excluding diaryl/α,β-unsaturated/α-hetero) is 2. The number of hydrogen-bond donors (Lipinski definition) is 5. The minimum Gasteiger partial charge on any atom is -0.469 e. The van der Waals surface area contributed by atoms with E-state index in [2.05, 4.69) is 15.4 Å². The molecule has 298 valence electrons. The second-order valence-corrected chi connectivity index (χ2v) is 13.2. The summed E-state index contributed by atoms with van der Waals surface area (Å²) in [5.74, 6) is -0.338. The third-order valence-electron chi connectivity index (χ3n) is 8.35. The highest BCUT2D eigenvalue weighted by atomic mass is 16.5. The summed E-state index contributed by atoms with van der Waals surface area (Å²) in [6.45, 7) is 2.58. The van der Waals surface area contributed by atoms with E-state index in [1.165, 1.54) is 7.11 Å². The Morgan fingerprint density at radius 2 is 0.922 bits per heavy atom. The van der Waals surface area contributed by atoms with E-state index in [1.807, 2.05) is 0 Å². The molecule has 0 aliphatic carbocycles. The van der Waals surface area contributed by atoms with Crippen LogP contribution >= 0.6 is 0 Å². The number of rotatable bonds is 38. The Morgan fingerprint density at radius 3 is 1.39 bits per heavy atom. The van der Waals surface area contributed by atoms with Crippen LogP contribution in [0.25, 0.3) is 0 Å². The first kappa shape index (κ1) is 48.5. The lowest BCUT2D eigenvalue weighted by Gasteiger charge is -2.34. The van der Waals surface area contributed by atoms with Crippen molar-refractivity contribution < 1.29 is 42.9 Å². The van der Waals surface area contributed by atoms with Gasteiger partial charge in [-0.15, -0.1) is 0 Å². The van der Waals surface area contributed by atoms with Crippen molar-refractivity contribution in [3.05, 3.63) is 0 Å². The fourth-order valence-electron chi connectivity index (χ4n) is 5.25. The van der Waals surface area contributed by atoms with Crippen LogP contribution in [0.3, 0.4) is 0 Å². The van der Waals surface area contributed by atoms with Gasteiger partial charge in [0.2, 0.25) is 11.8 Å². The maximum absolute atomic E-state index is 13.3. The third kappa shape index (κ3) is 30.8. The molecule has 8 N–H and O–H groups in total. The minimum atomic E-state index is -1.09. The summed E-state index contributed by atoms with van der Waals surface area (Å²) in [5.41, 5.74) is 15.5. The Labute approximate surface area is 306 Å². The van der Waals surface area contributed by atoms with Crippen molar-refractivity contribution in [3.8, 4) is 0 Å². The number of nitrogens with one attached hydrogen (secondary N) is 2. The number of carbonyl (C=O) groups excluding carboxylic acids is 5. The number of unbranched alkanes of at least 4 members (excludes halogenated alkanes) is 9. The van der Waals surface area contributed by atoms with Crippen LogP contribution < -0.4 is 27.8 Å². The predicted molar refractivity (Wildman–Crippen MR) is 198 cm³/mol. The standard InChI is InChI=1S/C37H71N5O9/c1-48-36(47)18-9-7-5-3-2-4-6-8-17-35(46)42-37(29-49-26-19-32(43)15-10-12-22-38,30-50-27-20-33(44)16-11-13-23-39)31-51-28-21-34(45)41-25-14-24-40/h2-31,38-40H2,1H3,(H,41,45)(H,42,46). The van der Waals surface area contributed by atoms with Crippen LogP contribution in [0.5, 0.6) is 0 Å². The van der Waals surface area contributed by atoms with Crippen LogP contribution in [0.15, 0.2) is 0 Å². The molecule has 0 heterocycles. The van der Waals surface area contributed by atoms with E-state index in [-0.39, 0.29) is 88.3 Å². The van der Waals surface area contributed by atoms with Gasteiger partial charge in [-0.2, -0.15) is 0 Å². The first-order chi connectivity index (χ1) is 24.7. The summed E-state index contributed by atoms with van der Waals surface area (Å²) in [6, 6.07) is 0. The summed E-state index contributed by atoms with van der Waals surface area (Å²) in [6.07, 6.45) is 13.7. The SMILES string of the molecule is COC(=O)CCCCCCCCCCC(=O)NC(COCCC(=O)CCCCN)(COCCC(=O)CCCCN)COCCC(=O)NCCCN. The van der Waals surface area contributed by atoms with E-state index >= 15 is 0 Å². The zero-order valence-corrected chi connectivity index (χ0v) is 31.6. The third-order valence-corrected chi connectivity index (χ3v) is 8.35. The van der Waals surface area contributed by atoms with Crippen LogP contribution in [0.4, 0.5) is 0 Å². The van der Waals surface area contributed by atoms with Gasteiger partial charge < -0.3 is 46.8 Å². The lowest BCUT2D eigenvalue weighted by molar-refractivity contribution is -0.140. The number of amides is 2. The van der Waals surface area contributed by atoms with E-state index in [9.17, 15) is 24.0 Å². The molecule has 0 rings (SSSR count). The van der Waals surface area contributed by atoms with Crippen LogP contribution in [-0.4, -0.2) is 108 Å². The molecule has 0 aliphatic heterocycles. The second kappa shape index (κ2) is 34.6. The molecule has 0 bridgehead atoms. The van der Waals surface area contributed by atoms with Crippen LogP contribution in [0.2, 0.25) is 0 Å². The Balaban J connectivity index is 5.26. The number of ether oxygens (including phenoxy) is 4. The van der Waals surface area contributed by atoms with Gasteiger partial charge in [0, 0.05) is 51.5 Å². The second-order valence-electron chi connectivity index (χ2n) is 13.2. The smallest absolute Gasteiger partial charge is 0.305 e. The number of hydrogen-bond acceptors (Lipinski definition) is 12. The van der Waals surface area contributed by atoms with E-state index < -0.39 is 5.54 Å². The highest BCUT2D eigenvalue weighted by molar-refractivity contribution is 5.79. The van der Waals surface area contributed by atoms with Gasteiger partial charge >= 0.3 is 5.97 Å². The molecule has 51 heavy (non-hydrogen) atoms. The lowest BCUT2D eigenvalue weighted by atomic mass is 10.0. The van der Waals surface area contributed by atoms with Crippen molar-refractivity contribution in [3.63, 3.8) is 0 Å². The molecule has 0 saturated carbocycles. The number of nitrogens with two attached hydrogens (primary N) is 3. The summed E-state index contributed by atoms with van der Waals surface area (Å²) < 4.78 is 22.5. The molecule has 14 nitrogen and oxygen atoms in total. The first-order valence-electron chi connectivity index (χ1n) is 19.2. The summed E-state index contributed by atoms with van der Waals surface area (Å²) >= 11 is 0. The molecule has 0 unspecified atom stereocenters. The molecule has 0 aliphatic rings. The molecule has 0 aromatic rings. The molecule has 0 saturated heterocycles. The van der Waals surface area contributed by atoms with Gasteiger partial charge in [-0.1, -0.05) is 38.5 Å². The maximum Gasteiger partial charge on any atom is 0.305 e. The van der Waals surface area contributed by atoms with Gasteiger partial charge in [0.1, 0.15) is 17.1 Å². The van der Waals surface area contributed by atoms with E-state index in [0.29, 0.717) is 64.7 Å². The van der Waals surface area contributed by atoms with Crippen molar-refractivity contribution in [2.45, 2.75) is 134 Å². The van der Waals surface area contributed by atoms with Gasteiger partial charge in [-0.3, -0.25) is 24.0 Å². The quantitative estimate of drug-likeness (QED) is 0.0457. The fourth-order valence-corrected chi connectivity index (χ4v) is 5.25. The maximum atomic E-state index is 13.3. The van der Waals surface area contributed by atoms with Crippen molar-refractivity contribution in [1.29, 1.82) is 0 Å². The van der Waals surface area contributed by atoms with E-state index in [4.69, 9.17) is 31.4 Å². The summed E-state index contributed by atoms with van der Waals surface area (Å²) in [5, 5.41) is 5.89. The Bertz CT molecular complexity index is 849. The molecule has 2 amide bonds. The Kier molecular flexibility index (Phi) is 32.9. The predicted octanol–water partition coefficient (Wildman–Crippen LogP) is 3.00. The van der Waals surface area contributed by atoms with Gasteiger partial charge in [0.15, 0.2) is 0 Å². The number of methoxy groups -OCH3 is 1. The minimum absolute atomic E-state index is 0.0136. The zero-order valence-electron chi connectivity index (χ0n) is 31.6. The summed E-state index contributed by atoms with van der Waals surface area (Å²) in [7, 11) is 1.41. The van der Waals surface area contributed by atoms with Crippen molar-refractivity contribution in [1.82, 2.24) is 10.6 Å². The van der Waals surface area contributed by atoms with Crippen molar-refractivity contribution >= 4 is 29.4 Å².